The van der Waals surface area contributed by atoms with Crippen LogP contribution in [0.4, 0.5) is 0 Å². The number of halogens is 2. The first-order chi connectivity index (χ1) is 10.9. The largest absolute Gasteiger partial charge is 0.348 e. The highest BCUT2D eigenvalue weighted by Crippen LogP contribution is 2.25. The zero-order chi connectivity index (χ0) is 17.0. The molecule has 23 heavy (non-hydrogen) atoms. The highest BCUT2D eigenvalue weighted by molar-refractivity contribution is 6.43. The van der Waals surface area contributed by atoms with Crippen LogP contribution >= 0.6 is 23.2 Å². The van der Waals surface area contributed by atoms with Crippen LogP contribution in [0.25, 0.3) is 0 Å². The Morgan fingerprint density at radius 3 is 2.30 bits per heavy atom. The molecule has 0 aliphatic heterocycles. The van der Waals surface area contributed by atoms with Crippen LogP contribution in [0, 0.1) is 0 Å². The van der Waals surface area contributed by atoms with Gasteiger partial charge in [0, 0.05) is 26.2 Å². The molecule has 0 aromatic heterocycles. The maximum atomic E-state index is 12.1. The SMILES string of the molecule is CN(C)C(=O)c1ccc(CNC(=O)c2cccc(Cl)c2Cl)cc1. The fraction of sp³-hybridized carbons (Fsp3) is 0.176. The van der Waals surface area contributed by atoms with Gasteiger partial charge in [-0.3, -0.25) is 9.59 Å². The van der Waals surface area contributed by atoms with E-state index in [0.717, 1.165) is 5.56 Å². The number of carbonyl (C=O) groups is 2. The summed E-state index contributed by atoms with van der Waals surface area (Å²) < 4.78 is 0. The van der Waals surface area contributed by atoms with Crippen LogP contribution < -0.4 is 5.32 Å². The molecule has 0 bridgehead atoms. The number of nitrogens with zero attached hydrogens (tertiary/aromatic N) is 1. The zero-order valence-electron chi connectivity index (χ0n) is 12.8. The summed E-state index contributed by atoms with van der Waals surface area (Å²) in [5, 5.41) is 3.35. The third-order valence-corrected chi connectivity index (χ3v) is 4.08. The molecular weight excluding hydrogens is 335 g/mol. The van der Waals surface area contributed by atoms with E-state index < -0.39 is 0 Å². The van der Waals surface area contributed by atoms with Gasteiger partial charge in [-0.2, -0.15) is 0 Å². The topological polar surface area (TPSA) is 49.4 Å². The normalized spacial score (nSPS) is 10.3. The van der Waals surface area contributed by atoms with Crippen molar-refractivity contribution >= 4 is 35.0 Å². The zero-order valence-corrected chi connectivity index (χ0v) is 14.3. The van der Waals surface area contributed by atoms with Gasteiger partial charge in [-0.1, -0.05) is 41.4 Å². The van der Waals surface area contributed by atoms with Gasteiger partial charge in [0.15, 0.2) is 0 Å². The van der Waals surface area contributed by atoms with Crippen molar-refractivity contribution in [2.45, 2.75) is 6.54 Å². The van der Waals surface area contributed by atoms with Crippen LogP contribution in [0.15, 0.2) is 42.5 Å². The first-order valence-electron chi connectivity index (χ1n) is 6.93. The van der Waals surface area contributed by atoms with Gasteiger partial charge < -0.3 is 10.2 Å². The average Bonchev–Trinajstić information content (AvgIpc) is 2.55. The summed E-state index contributed by atoms with van der Waals surface area (Å²) in [6.07, 6.45) is 0. The number of benzene rings is 2. The number of amides is 2. The molecule has 6 heteroatoms. The second kappa shape index (κ2) is 7.49. The number of nitrogens with one attached hydrogen (secondary N) is 1. The van der Waals surface area contributed by atoms with Crippen molar-refractivity contribution in [3.05, 3.63) is 69.2 Å². The Labute approximate surface area is 145 Å². The summed E-state index contributed by atoms with van der Waals surface area (Å²) in [7, 11) is 3.40. The lowest BCUT2D eigenvalue weighted by molar-refractivity contribution is 0.0827. The molecule has 0 unspecified atom stereocenters. The Bertz CT molecular complexity index is 728. The summed E-state index contributed by atoms with van der Waals surface area (Å²) in [4.78, 5) is 25.5. The van der Waals surface area contributed by atoms with Crippen molar-refractivity contribution in [3.8, 4) is 0 Å². The molecule has 0 aliphatic carbocycles. The van der Waals surface area contributed by atoms with Crippen LogP contribution in [-0.2, 0) is 6.54 Å². The van der Waals surface area contributed by atoms with E-state index in [1.54, 1.807) is 56.6 Å². The van der Waals surface area contributed by atoms with Crippen molar-refractivity contribution in [2.24, 2.45) is 0 Å². The molecule has 2 aromatic carbocycles. The summed E-state index contributed by atoms with van der Waals surface area (Å²) >= 11 is 11.9. The maximum Gasteiger partial charge on any atom is 0.253 e. The summed E-state index contributed by atoms with van der Waals surface area (Å²) in [6.45, 7) is 0.331. The van der Waals surface area contributed by atoms with E-state index in [-0.39, 0.29) is 16.8 Å². The lowest BCUT2D eigenvalue weighted by Gasteiger charge is -2.11. The minimum Gasteiger partial charge on any atom is -0.348 e. The Morgan fingerprint density at radius 1 is 1.04 bits per heavy atom. The van der Waals surface area contributed by atoms with Gasteiger partial charge in [-0.25, -0.2) is 0 Å². The molecule has 2 aromatic rings. The molecule has 0 radical (unpaired) electrons. The quantitative estimate of drug-likeness (QED) is 0.915. The average molecular weight is 351 g/mol. The lowest BCUT2D eigenvalue weighted by Crippen LogP contribution is -2.23. The molecule has 0 aliphatic rings. The predicted octanol–water partition coefficient (Wildman–Crippen LogP) is 3.63. The number of hydrogen-bond donors (Lipinski definition) is 1. The first-order valence-corrected chi connectivity index (χ1v) is 7.68. The molecule has 0 saturated heterocycles. The summed E-state index contributed by atoms with van der Waals surface area (Å²) in [5.41, 5.74) is 1.81. The summed E-state index contributed by atoms with van der Waals surface area (Å²) in [5.74, 6) is -0.364. The van der Waals surface area contributed by atoms with Crippen LogP contribution in [0.1, 0.15) is 26.3 Å². The molecule has 0 spiro atoms. The third-order valence-electron chi connectivity index (χ3n) is 3.26. The lowest BCUT2D eigenvalue weighted by atomic mass is 10.1. The van der Waals surface area contributed by atoms with Gasteiger partial charge in [0.25, 0.3) is 11.8 Å². The summed E-state index contributed by atoms with van der Waals surface area (Å²) in [6, 6.07) is 12.0. The van der Waals surface area contributed by atoms with Crippen molar-refractivity contribution in [1.82, 2.24) is 10.2 Å². The number of hydrogen-bond acceptors (Lipinski definition) is 2. The van der Waals surface area contributed by atoms with E-state index in [2.05, 4.69) is 5.32 Å². The van der Waals surface area contributed by atoms with Crippen LogP contribution in [0.2, 0.25) is 10.0 Å². The van der Waals surface area contributed by atoms with Crippen molar-refractivity contribution < 1.29 is 9.59 Å². The van der Waals surface area contributed by atoms with Gasteiger partial charge >= 0.3 is 0 Å². The van der Waals surface area contributed by atoms with E-state index >= 15 is 0 Å². The van der Waals surface area contributed by atoms with Gasteiger partial charge in [-0.05, 0) is 29.8 Å². The Hall–Kier alpha value is -2.04. The molecule has 4 nitrogen and oxygen atoms in total. The van der Waals surface area contributed by atoms with E-state index in [0.29, 0.717) is 22.7 Å². The van der Waals surface area contributed by atoms with Crippen LogP contribution in [-0.4, -0.2) is 30.8 Å². The first kappa shape index (κ1) is 17.3. The van der Waals surface area contributed by atoms with E-state index in [1.807, 2.05) is 0 Å². The van der Waals surface area contributed by atoms with Gasteiger partial charge in [-0.15, -0.1) is 0 Å². The van der Waals surface area contributed by atoms with Crippen molar-refractivity contribution in [2.75, 3.05) is 14.1 Å². The Morgan fingerprint density at radius 2 is 1.70 bits per heavy atom. The molecular formula is C17H16Cl2N2O2. The van der Waals surface area contributed by atoms with Gasteiger partial charge in [0.2, 0.25) is 0 Å². The fourth-order valence-corrected chi connectivity index (χ4v) is 2.37. The molecule has 2 amide bonds. The molecule has 0 saturated carbocycles. The van der Waals surface area contributed by atoms with E-state index in [9.17, 15) is 9.59 Å². The Balaban J connectivity index is 2.02. The highest BCUT2D eigenvalue weighted by Gasteiger charge is 2.12. The second-order valence-corrected chi connectivity index (χ2v) is 5.97. The third kappa shape index (κ3) is 4.24. The number of carbonyl (C=O) groups excluding carboxylic acids is 2. The standard InChI is InChI=1S/C17H16Cl2N2O2/c1-21(2)17(23)12-8-6-11(7-9-12)10-20-16(22)13-4-3-5-14(18)15(13)19/h3-9H,10H2,1-2H3,(H,20,22). The van der Waals surface area contributed by atoms with E-state index in [1.165, 1.54) is 4.90 Å². The highest BCUT2D eigenvalue weighted by atomic mass is 35.5. The predicted molar refractivity (Wildman–Crippen MR) is 92.1 cm³/mol. The second-order valence-electron chi connectivity index (χ2n) is 5.18. The van der Waals surface area contributed by atoms with Gasteiger partial charge in [0.1, 0.15) is 0 Å². The maximum absolute atomic E-state index is 12.1. The van der Waals surface area contributed by atoms with Gasteiger partial charge in [0.05, 0.1) is 15.6 Å². The van der Waals surface area contributed by atoms with Crippen LogP contribution in [0.3, 0.4) is 0 Å². The molecule has 0 heterocycles. The number of rotatable bonds is 4. The smallest absolute Gasteiger partial charge is 0.253 e. The molecule has 1 N–H and O–H groups in total. The molecule has 120 valence electrons. The van der Waals surface area contributed by atoms with E-state index in [4.69, 9.17) is 23.2 Å². The fourth-order valence-electron chi connectivity index (χ4n) is 1.98. The molecule has 2 rings (SSSR count). The molecule has 0 fully saturated rings. The van der Waals surface area contributed by atoms with Crippen molar-refractivity contribution in [3.63, 3.8) is 0 Å². The monoisotopic (exact) mass is 350 g/mol. The molecule has 0 atom stereocenters. The minimum absolute atomic E-state index is 0.0636. The van der Waals surface area contributed by atoms with Crippen molar-refractivity contribution in [1.29, 1.82) is 0 Å². The minimum atomic E-state index is -0.300. The Kier molecular flexibility index (Phi) is 5.64. The van der Waals surface area contributed by atoms with Crippen LogP contribution in [0.5, 0.6) is 0 Å².